The molecule has 1 atom stereocenters. The molecule has 58 valence electrons. The molecule has 1 heterocycles. The van der Waals surface area contributed by atoms with Crippen LogP contribution in [0.2, 0.25) is 0 Å². The zero-order chi connectivity index (χ0) is 7.68. The Morgan fingerprint density at radius 3 is 2.92 bits per heavy atom. The molecule has 0 saturated heterocycles. The predicted octanol–water partition coefficient (Wildman–Crippen LogP) is -1.21. The number of methoxy groups -OCH3 is 1. The van der Waals surface area contributed by atoms with Gasteiger partial charge >= 0.3 is 51.4 Å². The molecule has 1 aromatic heterocycles. The number of pyridine rings is 1. The first-order valence-electron chi connectivity index (χ1n) is 3.74. The molecule has 0 aromatic carbocycles. The zero-order valence-corrected chi connectivity index (χ0v) is 10.6. The number of ether oxygens (including phenoxy) is 1. The topological polar surface area (TPSA) is 22.1 Å². The molecule has 0 amide bonds. The smallest absolute Gasteiger partial charge is 0.481 e. The van der Waals surface area contributed by atoms with E-state index in [1.165, 1.54) is 6.42 Å². The van der Waals surface area contributed by atoms with Gasteiger partial charge in [0.15, 0.2) is 0 Å². The molecule has 0 bridgehead atoms. The molecular formula is C9H10KNO. The SMILES string of the molecule is COc1cccc([C@@H]2[CH-]C2)n1.[K+]. The molecule has 3 heteroatoms. The van der Waals surface area contributed by atoms with Crippen molar-refractivity contribution < 1.29 is 56.1 Å². The van der Waals surface area contributed by atoms with Gasteiger partial charge in [-0.2, -0.15) is 12.3 Å². The van der Waals surface area contributed by atoms with Crippen molar-refractivity contribution in [2.24, 2.45) is 0 Å². The van der Waals surface area contributed by atoms with Crippen molar-refractivity contribution >= 4 is 0 Å². The zero-order valence-electron chi connectivity index (χ0n) is 7.45. The molecule has 1 fully saturated rings. The summed E-state index contributed by atoms with van der Waals surface area (Å²) in [4.78, 5) is 4.30. The minimum Gasteiger partial charge on any atom is -0.481 e. The van der Waals surface area contributed by atoms with E-state index in [-0.39, 0.29) is 51.4 Å². The van der Waals surface area contributed by atoms with Crippen LogP contribution in [0.5, 0.6) is 5.88 Å². The molecule has 0 N–H and O–H groups in total. The number of nitrogens with zero attached hydrogens (tertiary/aromatic N) is 1. The largest absolute Gasteiger partial charge is 1.00 e. The van der Waals surface area contributed by atoms with Gasteiger partial charge in [0, 0.05) is 11.8 Å². The predicted molar refractivity (Wildman–Crippen MR) is 42.4 cm³/mol. The fourth-order valence-corrected chi connectivity index (χ4v) is 1.06. The quantitative estimate of drug-likeness (QED) is 0.428. The van der Waals surface area contributed by atoms with E-state index in [1.807, 2.05) is 18.2 Å². The second-order valence-corrected chi connectivity index (χ2v) is 2.68. The van der Waals surface area contributed by atoms with E-state index in [2.05, 4.69) is 11.4 Å². The van der Waals surface area contributed by atoms with E-state index in [1.54, 1.807) is 7.11 Å². The molecule has 1 aliphatic carbocycles. The van der Waals surface area contributed by atoms with E-state index in [4.69, 9.17) is 4.74 Å². The Hall–Kier alpha value is 0.586. The van der Waals surface area contributed by atoms with Crippen LogP contribution in [0, 0.1) is 6.42 Å². The van der Waals surface area contributed by atoms with Crippen LogP contribution in [0.4, 0.5) is 0 Å². The molecule has 2 nitrogen and oxygen atoms in total. The van der Waals surface area contributed by atoms with Crippen molar-refractivity contribution in [1.29, 1.82) is 0 Å². The first-order valence-corrected chi connectivity index (χ1v) is 3.74. The molecule has 0 spiro atoms. The van der Waals surface area contributed by atoms with Crippen LogP contribution in [0.25, 0.3) is 0 Å². The van der Waals surface area contributed by atoms with Gasteiger partial charge in [-0.05, 0) is 6.07 Å². The molecule has 0 radical (unpaired) electrons. The van der Waals surface area contributed by atoms with E-state index < -0.39 is 0 Å². The van der Waals surface area contributed by atoms with Crippen LogP contribution in [0.3, 0.4) is 0 Å². The van der Waals surface area contributed by atoms with Gasteiger partial charge in [-0.25, -0.2) is 4.98 Å². The Balaban J connectivity index is 0.000000720. The van der Waals surface area contributed by atoms with Crippen LogP contribution in [0.1, 0.15) is 18.0 Å². The average Bonchev–Trinajstić information content (AvgIpc) is 2.87. The monoisotopic (exact) mass is 187 g/mol. The van der Waals surface area contributed by atoms with E-state index >= 15 is 0 Å². The summed E-state index contributed by atoms with van der Waals surface area (Å²) in [6, 6.07) is 5.88. The maximum Gasteiger partial charge on any atom is 1.00 e. The van der Waals surface area contributed by atoms with Crippen LogP contribution < -0.4 is 56.1 Å². The number of hydrogen-bond donors (Lipinski definition) is 0. The van der Waals surface area contributed by atoms with Crippen LogP contribution in [0.15, 0.2) is 18.2 Å². The molecule has 0 unspecified atom stereocenters. The van der Waals surface area contributed by atoms with Crippen molar-refractivity contribution in [1.82, 2.24) is 4.98 Å². The van der Waals surface area contributed by atoms with Gasteiger partial charge in [0.25, 0.3) is 0 Å². The molecule has 2 rings (SSSR count). The average molecular weight is 187 g/mol. The minimum absolute atomic E-state index is 0. The minimum atomic E-state index is 0. The summed E-state index contributed by atoms with van der Waals surface area (Å²) in [7, 11) is 1.64. The second-order valence-electron chi connectivity index (χ2n) is 2.68. The van der Waals surface area contributed by atoms with Gasteiger partial charge in [0.1, 0.15) is 0 Å². The third-order valence-electron chi connectivity index (χ3n) is 1.81. The standard InChI is InChI=1S/C9H10NO.K/c1-11-9-4-2-3-8(10-9)7-5-6-7;/h2-5,7H,6H2,1H3;/q-1;+1/t7-;/m1./s1. The maximum atomic E-state index is 5.01. The van der Waals surface area contributed by atoms with Crippen molar-refractivity contribution in [2.45, 2.75) is 12.3 Å². The Kier molecular flexibility index (Phi) is 4.20. The molecule has 1 aromatic rings. The summed E-state index contributed by atoms with van der Waals surface area (Å²) < 4.78 is 5.01. The van der Waals surface area contributed by atoms with Crippen molar-refractivity contribution in [2.75, 3.05) is 7.11 Å². The molecule has 12 heavy (non-hydrogen) atoms. The fraction of sp³-hybridized carbons (Fsp3) is 0.333. The second kappa shape index (κ2) is 4.72. The summed E-state index contributed by atoms with van der Waals surface area (Å²) in [6.45, 7) is 0. The first kappa shape index (κ1) is 10.7. The molecule has 1 aliphatic rings. The normalized spacial score (nSPS) is 19.6. The number of rotatable bonds is 2. The summed E-state index contributed by atoms with van der Waals surface area (Å²) in [5, 5.41) is 0. The summed E-state index contributed by atoms with van der Waals surface area (Å²) >= 11 is 0. The Morgan fingerprint density at radius 2 is 2.33 bits per heavy atom. The fourth-order valence-electron chi connectivity index (χ4n) is 1.06. The van der Waals surface area contributed by atoms with Gasteiger partial charge in [-0.15, -0.1) is 0 Å². The van der Waals surface area contributed by atoms with Crippen LogP contribution in [-0.2, 0) is 0 Å². The summed E-state index contributed by atoms with van der Waals surface area (Å²) in [5.74, 6) is 1.30. The van der Waals surface area contributed by atoms with Crippen molar-refractivity contribution in [3.63, 3.8) is 0 Å². The third-order valence-corrected chi connectivity index (χ3v) is 1.81. The summed E-state index contributed by atoms with van der Waals surface area (Å²) in [5.41, 5.74) is 1.13. The third kappa shape index (κ3) is 2.54. The first-order chi connectivity index (χ1) is 5.40. The van der Waals surface area contributed by atoms with Gasteiger partial charge in [0.2, 0.25) is 5.88 Å². The Morgan fingerprint density at radius 1 is 1.58 bits per heavy atom. The van der Waals surface area contributed by atoms with Gasteiger partial charge in [0.05, 0.1) is 7.11 Å². The number of hydrogen-bond acceptors (Lipinski definition) is 2. The van der Waals surface area contributed by atoms with Crippen LogP contribution in [-0.4, -0.2) is 12.1 Å². The molecule has 1 saturated carbocycles. The van der Waals surface area contributed by atoms with Gasteiger partial charge < -0.3 is 11.2 Å². The van der Waals surface area contributed by atoms with E-state index in [0.29, 0.717) is 11.8 Å². The number of aromatic nitrogens is 1. The molecule has 0 aliphatic heterocycles. The van der Waals surface area contributed by atoms with E-state index in [9.17, 15) is 0 Å². The Bertz CT molecular complexity index is 260. The van der Waals surface area contributed by atoms with Gasteiger partial charge in [-0.1, -0.05) is 6.07 Å². The maximum absolute atomic E-state index is 5.01. The molecular weight excluding hydrogens is 177 g/mol. The van der Waals surface area contributed by atoms with Crippen molar-refractivity contribution in [3.8, 4) is 5.88 Å². The van der Waals surface area contributed by atoms with Gasteiger partial charge in [-0.3, -0.25) is 0 Å². The Labute approximate surface area is 115 Å². The van der Waals surface area contributed by atoms with E-state index in [0.717, 1.165) is 5.69 Å². The summed E-state index contributed by atoms with van der Waals surface area (Å²) in [6.07, 6.45) is 3.40. The van der Waals surface area contributed by atoms with Crippen LogP contribution >= 0.6 is 0 Å². The van der Waals surface area contributed by atoms with Crippen molar-refractivity contribution in [3.05, 3.63) is 30.3 Å².